The van der Waals surface area contributed by atoms with E-state index in [0.717, 1.165) is 6.07 Å². The average Bonchev–Trinajstić information content (AvgIpc) is 2.54. The van der Waals surface area contributed by atoms with Crippen molar-refractivity contribution in [1.82, 2.24) is 10.2 Å². The van der Waals surface area contributed by atoms with Crippen LogP contribution in [0, 0.1) is 0 Å². The number of benzene rings is 1. The highest BCUT2D eigenvalue weighted by Crippen LogP contribution is 2.35. The van der Waals surface area contributed by atoms with Crippen molar-refractivity contribution in [2.24, 2.45) is 0 Å². The van der Waals surface area contributed by atoms with Crippen LogP contribution in [0.15, 0.2) is 42.1 Å². The molecule has 1 fully saturated rings. The summed E-state index contributed by atoms with van der Waals surface area (Å²) in [5.74, 6) is 0. The Labute approximate surface area is 138 Å². The maximum atomic E-state index is 13.3. The lowest BCUT2D eigenvalue weighted by atomic mass is 10.0. The van der Waals surface area contributed by atoms with Gasteiger partial charge in [0.25, 0.3) is 0 Å². The van der Waals surface area contributed by atoms with Crippen LogP contribution in [0.2, 0.25) is 0 Å². The van der Waals surface area contributed by atoms with Gasteiger partial charge in [0.2, 0.25) is 0 Å². The number of morpholine rings is 1. The van der Waals surface area contributed by atoms with Gasteiger partial charge in [-0.05, 0) is 25.1 Å². The second-order valence-corrected chi connectivity index (χ2v) is 5.90. The van der Waals surface area contributed by atoms with Gasteiger partial charge in [-0.15, -0.1) is 0 Å². The second kappa shape index (κ2) is 6.49. The molecule has 24 heavy (non-hydrogen) atoms. The Morgan fingerprint density at radius 3 is 2.75 bits per heavy atom. The van der Waals surface area contributed by atoms with Gasteiger partial charge in [0.05, 0.1) is 18.8 Å². The molecule has 2 aliphatic rings. The minimum absolute atomic E-state index is 0.0237. The molecule has 1 saturated heterocycles. The van der Waals surface area contributed by atoms with Gasteiger partial charge in [-0.1, -0.05) is 18.2 Å². The van der Waals surface area contributed by atoms with E-state index in [2.05, 4.69) is 5.32 Å². The fourth-order valence-electron chi connectivity index (χ4n) is 3.01. The number of nitrogens with zero attached hydrogens (tertiary/aromatic N) is 1. The number of aliphatic hydroxyl groups excluding tert-OH is 1. The standard InChI is InChI=1S/C17H19F3N2O2/c1-11-10-24-7-6-22(11)12-8-15(21-16(23)9-12)13-4-2-3-5-14(13)17(18,19)20/h2-5,8-9,11,16,21,23H,6-7,10H2,1H3/t11-,16?/m1/s1. The quantitative estimate of drug-likeness (QED) is 0.869. The molecular formula is C17H19F3N2O2. The maximum absolute atomic E-state index is 13.3. The molecule has 1 unspecified atom stereocenters. The third kappa shape index (κ3) is 3.42. The summed E-state index contributed by atoms with van der Waals surface area (Å²) in [6, 6.07) is 5.44. The van der Waals surface area contributed by atoms with Gasteiger partial charge in [0.1, 0.15) is 6.23 Å². The molecule has 2 heterocycles. The monoisotopic (exact) mass is 340 g/mol. The van der Waals surface area contributed by atoms with Gasteiger partial charge in [-0.25, -0.2) is 0 Å². The maximum Gasteiger partial charge on any atom is 0.417 e. The van der Waals surface area contributed by atoms with E-state index in [1.807, 2.05) is 11.8 Å². The first-order valence-corrected chi connectivity index (χ1v) is 7.75. The van der Waals surface area contributed by atoms with Crippen LogP contribution in [0.5, 0.6) is 0 Å². The number of halogens is 3. The van der Waals surface area contributed by atoms with Crippen molar-refractivity contribution in [2.45, 2.75) is 25.4 Å². The van der Waals surface area contributed by atoms with Gasteiger partial charge in [-0.2, -0.15) is 13.2 Å². The lowest BCUT2D eigenvalue weighted by Crippen LogP contribution is -2.44. The van der Waals surface area contributed by atoms with Gasteiger partial charge < -0.3 is 20.1 Å². The van der Waals surface area contributed by atoms with E-state index in [9.17, 15) is 18.3 Å². The predicted molar refractivity (Wildman–Crippen MR) is 83.6 cm³/mol. The molecule has 2 atom stereocenters. The summed E-state index contributed by atoms with van der Waals surface area (Å²) in [6.07, 6.45) is -2.26. The molecule has 0 amide bonds. The van der Waals surface area contributed by atoms with E-state index >= 15 is 0 Å². The fraction of sp³-hybridized carbons (Fsp3) is 0.412. The zero-order valence-electron chi connectivity index (χ0n) is 13.2. The van der Waals surface area contributed by atoms with Gasteiger partial charge >= 0.3 is 6.18 Å². The van der Waals surface area contributed by atoms with Crippen molar-refractivity contribution < 1.29 is 23.0 Å². The number of aliphatic hydroxyl groups is 1. The number of rotatable bonds is 2. The molecule has 0 spiro atoms. The van der Waals surface area contributed by atoms with E-state index in [1.54, 1.807) is 18.2 Å². The first-order valence-electron chi connectivity index (χ1n) is 7.75. The molecule has 0 bridgehead atoms. The molecule has 2 aliphatic heterocycles. The van der Waals surface area contributed by atoms with Crippen molar-refractivity contribution in [3.63, 3.8) is 0 Å². The van der Waals surface area contributed by atoms with Gasteiger partial charge in [0.15, 0.2) is 0 Å². The first kappa shape index (κ1) is 16.9. The second-order valence-electron chi connectivity index (χ2n) is 5.90. The molecule has 7 heteroatoms. The summed E-state index contributed by atoms with van der Waals surface area (Å²) in [5.41, 5.74) is 0.249. The highest BCUT2D eigenvalue weighted by molar-refractivity contribution is 5.71. The van der Waals surface area contributed by atoms with E-state index in [1.165, 1.54) is 12.1 Å². The van der Waals surface area contributed by atoms with Crippen molar-refractivity contribution >= 4 is 5.70 Å². The lowest BCUT2D eigenvalue weighted by molar-refractivity contribution is -0.137. The van der Waals surface area contributed by atoms with Crippen LogP contribution < -0.4 is 5.32 Å². The van der Waals surface area contributed by atoms with Crippen LogP contribution in [0.4, 0.5) is 13.2 Å². The zero-order chi connectivity index (χ0) is 17.3. The highest BCUT2D eigenvalue weighted by Gasteiger charge is 2.34. The molecule has 0 saturated carbocycles. The van der Waals surface area contributed by atoms with Crippen LogP contribution in [0.3, 0.4) is 0 Å². The van der Waals surface area contributed by atoms with E-state index < -0.39 is 18.0 Å². The molecule has 0 radical (unpaired) electrons. The van der Waals surface area contributed by atoms with Crippen LogP contribution >= 0.6 is 0 Å². The molecular weight excluding hydrogens is 321 g/mol. The summed E-state index contributed by atoms with van der Waals surface area (Å²) < 4.78 is 45.2. The smallest absolute Gasteiger partial charge is 0.377 e. The third-order valence-corrected chi connectivity index (χ3v) is 4.15. The van der Waals surface area contributed by atoms with Crippen LogP contribution in [-0.4, -0.2) is 42.0 Å². The minimum atomic E-state index is -4.46. The fourth-order valence-corrected chi connectivity index (χ4v) is 3.01. The van der Waals surface area contributed by atoms with E-state index in [4.69, 9.17) is 4.74 Å². The number of hydrogen-bond acceptors (Lipinski definition) is 4. The predicted octanol–water partition coefficient (Wildman–Crippen LogP) is 2.57. The Hall–Kier alpha value is -1.99. The summed E-state index contributed by atoms with van der Waals surface area (Å²) in [5, 5.41) is 12.8. The molecule has 3 rings (SSSR count). The number of hydrogen-bond donors (Lipinski definition) is 2. The van der Waals surface area contributed by atoms with E-state index in [0.29, 0.717) is 25.5 Å². The SMILES string of the molecule is C[C@@H]1COCCN1C1=CC(O)NC(c2ccccc2C(F)(F)F)=C1. The first-order chi connectivity index (χ1) is 11.4. The lowest BCUT2D eigenvalue weighted by Gasteiger charge is -2.38. The number of nitrogens with one attached hydrogen (secondary N) is 1. The Kier molecular flexibility index (Phi) is 4.56. The molecule has 130 valence electrons. The van der Waals surface area contributed by atoms with Crippen molar-refractivity contribution in [1.29, 1.82) is 0 Å². The van der Waals surface area contributed by atoms with Crippen LogP contribution in [0.1, 0.15) is 18.1 Å². The highest BCUT2D eigenvalue weighted by atomic mass is 19.4. The van der Waals surface area contributed by atoms with Gasteiger partial charge in [0, 0.05) is 29.5 Å². The summed E-state index contributed by atoms with van der Waals surface area (Å²) >= 11 is 0. The normalized spacial score (nSPS) is 25.0. The van der Waals surface area contributed by atoms with Crippen LogP contribution in [-0.2, 0) is 10.9 Å². The molecule has 4 nitrogen and oxygen atoms in total. The zero-order valence-corrected chi connectivity index (χ0v) is 13.2. The summed E-state index contributed by atoms with van der Waals surface area (Å²) in [6.45, 7) is 3.70. The van der Waals surface area contributed by atoms with E-state index in [-0.39, 0.29) is 17.3 Å². The summed E-state index contributed by atoms with van der Waals surface area (Å²) in [4.78, 5) is 2.03. The average molecular weight is 340 g/mol. The number of allylic oxidation sites excluding steroid dienone is 1. The number of ether oxygens (including phenoxy) is 1. The molecule has 1 aromatic carbocycles. The molecule has 0 aliphatic carbocycles. The largest absolute Gasteiger partial charge is 0.417 e. The topological polar surface area (TPSA) is 44.7 Å². The number of dihydropyridines is 1. The Balaban J connectivity index is 1.98. The van der Waals surface area contributed by atoms with Crippen molar-refractivity contribution in [2.75, 3.05) is 19.8 Å². The summed E-state index contributed by atoms with van der Waals surface area (Å²) in [7, 11) is 0. The Morgan fingerprint density at radius 1 is 1.29 bits per heavy atom. The molecule has 2 N–H and O–H groups in total. The third-order valence-electron chi connectivity index (χ3n) is 4.15. The molecule has 0 aromatic heterocycles. The van der Waals surface area contributed by atoms with Gasteiger partial charge in [-0.3, -0.25) is 0 Å². The minimum Gasteiger partial charge on any atom is -0.377 e. The Morgan fingerprint density at radius 2 is 2.04 bits per heavy atom. The Bertz CT molecular complexity index is 670. The molecule has 1 aromatic rings. The van der Waals surface area contributed by atoms with Crippen LogP contribution in [0.25, 0.3) is 5.70 Å². The van der Waals surface area contributed by atoms with Crippen molar-refractivity contribution in [3.05, 3.63) is 53.2 Å². The van der Waals surface area contributed by atoms with Crippen molar-refractivity contribution in [3.8, 4) is 0 Å². The number of alkyl halides is 3.